The van der Waals surface area contributed by atoms with Crippen molar-refractivity contribution in [2.75, 3.05) is 18.8 Å². The van der Waals surface area contributed by atoms with Crippen LogP contribution < -0.4 is 11.6 Å². The molecular formula is C9H14N6OS. The van der Waals surface area contributed by atoms with Gasteiger partial charge in [-0.1, -0.05) is 11.8 Å². The average Bonchev–Trinajstić information content (AvgIpc) is 2.35. The Kier molecular flexibility index (Phi) is 8.25. The predicted octanol–water partition coefficient (Wildman–Crippen LogP) is -0.436. The third kappa shape index (κ3) is 7.03. The van der Waals surface area contributed by atoms with Gasteiger partial charge in [-0.2, -0.15) is 15.6 Å². The summed E-state index contributed by atoms with van der Waals surface area (Å²) in [6.45, 7) is 0.633. The molecule has 0 aliphatic carbocycles. The highest BCUT2D eigenvalue weighted by molar-refractivity contribution is 8.14. The standard InChI is InChI=1S/C9H14N6OS/c10-3-1-5-15(6-2-4-11)8(16)7-17-9(12)14-13/h1-2,5-7,13H2,(H2,12,14). The predicted molar refractivity (Wildman–Crippen MR) is 65.3 cm³/mol. The second kappa shape index (κ2) is 9.31. The van der Waals surface area contributed by atoms with Crippen molar-refractivity contribution in [2.24, 2.45) is 16.7 Å². The third-order valence-electron chi connectivity index (χ3n) is 1.81. The van der Waals surface area contributed by atoms with Gasteiger partial charge in [0.1, 0.15) is 0 Å². The molecule has 0 aliphatic rings. The lowest BCUT2D eigenvalue weighted by atomic mass is 10.3. The highest BCUT2D eigenvalue weighted by Crippen LogP contribution is 2.03. The molecule has 0 saturated heterocycles. The Hall–Kier alpha value is -1.93. The van der Waals surface area contributed by atoms with Gasteiger partial charge in [-0.25, -0.2) is 0 Å². The Balaban J connectivity index is 4.22. The molecule has 0 unspecified atom stereocenters. The summed E-state index contributed by atoms with van der Waals surface area (Å²) < 4.78 is 0. The van der Waals surface area contributed by atoms with Gasteiger partial charge in [-0.05, 0) is 0 Å². The molecule has 4 N–H and O–H groups in total. The van der Waals surface area contributed by atoms with Gasteiger partial charge in [0.05, 0.1) is 30.7 Å². The van der Waals surface area contributed by atoms with E-state index >= 15 is 0 Å². The van der Waals surface area contributed by atoms with Gasteiger partial charge in [-0.15, -0.1) is 0 Å². The number of rotatable bonds is 6. The van der Waals surface area contributed by atoms with E-state index in [1.807, 2.05) is 12.1 Å². The lowest BCUT2D eigenvalue weighted by Gasteiger charge is -2.19. The lowest BCUT2D eigenvalue weighted by molar-refractivity contribution is -0.128. The fourth-order valence-corrected chi connectivity index (χ4v) is 1.52. The Bertz CT molecular complexity index is 337. The van der Waals surface area contributed by atoms with Crippen molar-refractivity contribution in [3.8, 4) is 12.1 Å². The number of hydrogen-bond acceptors (Lipinski definition) is 6. The van der Waals surface area contributed by atoms with Crippen LogP contribution in [0.3, 0.4) is 0 Å². The van der Waals surface area contributed by atoms with Crippen LogP contribution in [-0.4, -0.2) is 34.8 Å². The van der Waals surface area contributed by atoms with Gasteiger partial charge in [0.15, 0.2) is 5.17 Å². The molecule has 1 amide bonds. The Morgan fingerprint density at radius 2 is 1.82 bits per heavy atom. The fraction of sp³-hybridized carbons (Fsp3) is 0.556. The number of amides is 1. The maximum atomic E-state index is 11.7. The summed E-state index contributed by atoms with van der Waals surface area (Å²) in [5.74, 6) is 4.84. The number of carbonyl (C=O) groups is 1. The summed E-state index contributed by atoms with van der Waals surface area (Å²) in [7, 11) is 0. The van der Waals surface area contributed by atoms with Crippen molar-refractivity contribution >= 4 is 22.8 Å². The third-order valence-corrected chi connectivity index (χ3v) is 2.60. The van der Waals surface area contributed by atoms with Crippen LogP contribution in [0, 0.1) is 22.7 Å². The number of hydrogen-bond donors (Lipinski definition) is 2. The zero-order valence-corrected chi connectivity index (χ0v) is 10.1. The number of carbonyl (C=O) groups excluding carboxylic acids is 1. The van der Waals surface area contributed by atoms with E-state index in [0.717, 1.165) is 11.8 Å². The summed E-state index contributed by atoms with van der Waals surface area (Å²) in [4.78, 5) is 13.2. The SMILES string of the molecule is N#CCCN(CCC#N)C(=O)CSC(N)=NN. The summed E-state index contributed by atoms with van der Waals surface area (Å²) in [5.41, 5.74) is 5.33. The van der Waals surface area contributed by atoms with Crippen LogP contribution in [0.15, 0.2) is 5.10 Å². The molecule has 0 aromatic heterocycles. The van der Waals surface area contributed by atoms with Crippen molar-refractivity contribution in [3.63, 3.8) is 0 Å². The zero-order chi connectivity index (χ0) is 13.1. The molecule has 17 heavy (non-hydrogen) atoms. The van der Waals surface area contributed by atoms with Crippen molar-refractivity contribution in [3.05, 3.63) is 0 Å². The number of nitrogens with two attached hydrogens (primary N) is 2. The lowest BCUT2D eigenvalue weighted by Crippen LogP contribution is -2.34. The van der Waals surface area contributed by atoms with Crippen molar-refractivity contribution in [2.45, 2.75) is 12.8 Å². The second-order valence-electron chi connectivity index (χ2n) is 2.95. The largest absolute Gasteiger partial charge is 0.377 e. The minimum atomic E-state index is -0.188. The Morgan fingerprint density at radius 1 is 1.29 bits per heavy atom. The van der Waals surface area contributed by atoms with E-state index in [1.54, 1.807) is 0 Å². The summed E-state index contributed by atoms with van der Waals surface area (Å²) in [6, 6.07) is 3.91. The number of nitriles is 2. The molecule has 0 spiro atoms. The molecule has 0 aliphatic heterocycles. The molecule has 0 radical (unpaired) electrons. The molecule has 92 valence electrons. The molecule has 8 heteroatoms. The number of hydrazone groups is 1. The summed E-state index contributed by atoms with van der Waals surface area (Å²) >= 11 is 1.03. The van der Waals surface area contributed by atoms with E-state index in [0.29, 0.717) is 13.1 Å². The fourth-order valence-electron chi connectivity index (χ4n) is 0.995. The first-order chi connectivity index (χ1) is 8.15. The Labute approximate surface area is 104 Å². The first-order valence-corrected chi connectivity index (χ1v) is 5.82. The maximum Gasteiger partial charge on any atom is 0.233 e. The minimum absolute atomic E-state index is 0.101. The monoisotopic (exact) mass is 254 g/mol. The van der Waals surface area contributed by atoms with Crippen LogP contribution in [0.1, 0.15) is 12.8 Å². The van der Waals surface area contributed by atoms with Gasteiger partial charge in [0, 0.05) is 13.1 Å². The van der Waals surface area contributed by atoms with Gasteiger partial charge in [-0.3, -0.25) is 4.79 Å². The normalized spacial score (nSPS) is 10.4. The molecule has 0 aromatic rings. The number of amidine groups is 1. The van der Waals surface area contributed by atoms with Gasteiger partial charge < -0.3 is 16.5 Å². The molecule has 0 fully saturated rings. The number of nitrogens with zero attached hydrogens (tertiary/aromatic N) is 4. The van der Waals surface area contributed by atoms with Crippen molar-refractivity contribution in [1.29, 1.82) is 10.5 Å². The molecule has 7 nitrogen and oxygen atoms in total. The highest BCUT2D eigenvalue weighted by atomic mass is 32.2. The quantitative estimate of drug-likeness (QED) is 0.286. The van der Waals surface area contributed by atoms with E-state index in [-0.39, 0.29) is 29.7 Å². The summed E-state index contributed by atoms with van der Waals surface area (Å²) in [5, 5.41) is 20.3. The van der Waals surface area contributed by atoms with Crippen molar-refractivity contribution in [1.82, 2.24) is 4.90 Å². The van der Waals surface area contributed by atoms with Crippen LogP contribution in [0.25, 0.3) is 0 Å². The second-order valence-corrected chi connectivity index (χ2v) is 3.95. The first-order valence-electron chi connectivity index (χ1n) is 4.83. The molecular weight excluding hydrogens is 240 g/mol. The topological polar surface area (TPSA) is 132 Å². The minimum Gasteiger partial charge on any atom is -0.377 e. The van der Waals surface area contributed by atoms with E-state index in [1.165, 1.54) is 4.90 Å². The van der Waals surface area contributed by atoms with Crippen LogP contribution >= 0.6 is 11.8 Å². The first kappa shape index (κ1) is 15.1. The van der Waals surface area contributed by atoms with Gasteiger partial charge >= 0.3 is 0 Å². The zero-order valence-electron chi connectivity index (χ0n) is 9.30. The Morgan fingerprint density at radius 3 is 2.24 bits per heavy atom. The number of thioether (sulfide) groups is 1. The van der Waals surface area contributed by atoms with E-state index in [2.05, 4.69) is 5.10 Å². The highest BCUT2D eigenvalue weighted by Gasteiger charge is 2.13. The molecule has 0 aromatic carbocycles. The maximum absolute atomic E-state index is 11.7. The van der Waals surface area contributed by atoms with Crippen LogP contribution in [0.4, 0.5) is 0 Å². The summed E-state index contributed by atoms with van der Waals surface area (Å²) in [6.07, 6.45) is 0.477. The van der Waals surface area contributed by atoms with Crippen LogP contribution in [-0.2, 0) is 4.79 Å². The van der Waals surface area contributed by atoms with Gasteiger partial charge in [0.2, 0.25) is 5.91 Å². The molecule has 0 bridgehead atoms. The molecule has 0 rings (SSSR count). The van der Waals surface area contributed by atoms with Crippen LogP contribution in [0.5, 0.6) is 0 Å². The van der Waals surface area contributed by atoms with E-state index < -0.39 is 0 Å². The smallest absolute Gasteiger partial charge is 0.233 e. The van der Waals surface area contributed by atoms with Gasteiger partial charge in [0.25, 0.3) is 0 Å². The van der Waals surface area contributed by atoms with E-state index in [9.17, 15) is 4.79 Å². The molecule has 0 saturated carbocycles. The molecule has 0 atom stereocenters. The van der Waals surface area contributed by atoms with E-state index in [4.69, 9.17) is 22.1 Å². The van der Waals surface area contributed by atoms with Crippen molar-refractivity contribution < 1.29 is 4.79 Å². The van der Waals surface area contributed by atoms with Crippen LogP contribution in [0.2, 0.25) is 0 Å². The molecule has 0 heterocycles. The average molecular weight is 254 g/mol.